The standard InChI is InChI=1S/C2H3F3.C2H4O3/c3-1-2(4)5;1-5-2(3)4/h2H,1H2;1H3,(H,3,4). The second-order valence-corrected chi connectivity index (χ2v) is 1.02. The van der Waals surface area contributed by atoms with Gasteiger partial charge in [-0.1, -0.05) is 0 Å². The molecule has 0 aromatic heterocycles. The first-order valence-electron chi connectivity index (χ1n) is 2.15. The molecule has 10 heavy (non-hydrogen) atoms. The van der Waals surface area contributed by atoms with Gasteiger partial charge in [0.15, 0.2) is 6.67 Å². The smallest absolute Gasteiger partial charge is 0.450 e. The van der Waals surface area contributed by atoms with Crippen molar-refractivity contribution in [2.75, 3.05) is 13.8 Å². The minimum Gasteiger partial charge on any atom is -0.450 e. The van der Waals surface area contributed by atoms with E-state index in [1.165, 1.54) is 0 Å². The van der Waals surface area contributed by atoms with E-state index < -0.39 is 19.3 Å². The highest BCUT2D eigenvalue weighted by molar-refractivity contribution is 5.56. The van der Waals surface area contributed by atoms with Gasteiger partial charge in [-0.15, -0.1) is 0 Å². The second-order valence-electron chi connectivity index (χ2n) is 1.02. The van der Waals surface area contributed by atoms with Gasteiger partial charge >= 0.3 is 6.16 Å². The van der Waals surface area contributed by atoms with Crippen LogP contribution in [0.25, 0.3) is 0 Å². The molecule has 0 aliphatic rings. The number of hydrogen-bond donors (Lipinski definition) is 1. The van der Waals surface area contributed by atoms with Gasteiger partial charge in [-0.05, 0) is 0 Å². The van der Waals surface area contributed by atoms with E-state index in [2.05, 4.69) is 4.74 Å². The van der Waals surface area contributed by atoms with E-state index in [4.69, 9.17) is 9.90 Å². The van der Waals surface area contributed by atoms with E-state index in [1.54, 1.807) is 0 Å². The van der Waals surface area contributed by atoms with Crippen molar-refractivity contribution in [1.82, 2.24) is 0 Å². The number of alkyl halides is 3. The number of ether oxygens (including phenoxy) is 1. The third-order valence-electron chi connectivity index (χ3n) is 0.291. The summed E-state index contributed by atoms with van der Waals surface area (Å²) in [7, 11) is 1.10. The van der Waals surface area contributed by atoms with Crippen molar-refractivity contribution in [2.24, 2.45) is 0 Å². The molecule has 0 fully saturated rings. The fourth-order valence-electron chi connectivity index (χ4n) is 0. The highest BCUT2D eigenvalue weighted by atomic mass is 19.3. The van der Waals surface area contributed by atoms with E-state index >= 15 is 0 Å². The van der Waals surface area contributed by atoms with Gasteiger partial charge in [-0.25, -0.2) is 18.0 Å². The molecule has 0 aromatic rings. The average Bonchev–Trinajstić information content (AvgIpc) is 1.89. The Kier molecular flexibility index (Phi) is 9.52. The summed E-state index contributed by atoms with van der Waals surface area (Å²) in [5, 5.41) is 7.50. The zero-order valence-corrected chi connectivity index (χ0v) is 5.18. The van der Waals surface area contributed by atoms with Crippen LogP contribution in [0.2, 0.25) is 0 Å². The lowest BCUT2D eigenvalue weighted by molar-refractivity contribution is 0.113. The van der Waals surface area contributed by atoms with Gasteiger partial charge in [-0.3, -0.25) is 0 Å². The first kappa shape index (κ1) is 11.8. The van der Waals surface area contributed by atoms with E-state index in [0.717, 1.165) is 7.11 Å². The number of halogens is 3. The topological polar surface area (TPSA) is 46.5 Å². The molecule has 62 valence electrons. The first-order valence-corrected chi connectivity index (χ1v) is 2.15. The predicted molar refractivity (Wildman–Crippen MR) is 27.0 cm³/mol. The van der Waals surface area contributed by atoms with Crippen LogP contribution in [-0.2, 0) is 4.74 Å². The number of carbonyl (C=O) groups is 1. The maximum Gasteiger partial charge on any atom is 0.505 e. The van der Waals surface area contributed by atoms with E-state index in [0.29, 0.717) is 0 Å². The predicted octanol–water partition coefficient (Wildman–Crippen LogP) is 1.53. The molecule has 0 spiro atoms. The highest BCUT2D eigenvalue weighted by Gasteiger charge is 1.95. The quantitative estimate of drug-likeness (QED) is 0.591. The molecule has 0 amide bonds. The van der Waals surface area contributed by atoms with Crippen LogP contribution in [0.3, 0.4) is 0 Å². The van der Waals surface area contributed by atoms with Gasteiger partial charge in [0.1, 0.15) is 0 Å². The number of rotatable bonds is 1. The van der Waals surface area contributed by atoms with Crippen molar-refractivity contribution in [3.8, 4) is 0 Å². The summed E-state index contributed by atoms with van der Waals surface area (Å²) >= 11 is 0. The summed E-state index contributed by atoms with van der Waals surface area (Å²) in [6.07, 6.45) is -4.03. The molecule has 0 aliphatic heterocycles. The Morgan fingerprint density at radius 1 is 1.70 bits per heavy atom. The molecule has 3 nitrogen and oxygen atoms in total. The summed E-state index contributed by atoms with van der Waals surface area (Å²) in [6, 6.07) is 0. The molecular formula is C4H7F3O3. The molecule has 0 radical (unpaired) electrons. The second kappa shape index (κ2) is 8.06. The van der Waals surface area contributed by atoms with Gasteiger partial charge in [0.05, 0.1) is 7.11 Å². The molecule has 0 heterocycles. The van der Waals surface area contributed by atoms with Crippen LogP contribution in [0.5, 0.6) is 0 Å². The lowest BCUT2D eigenvalue weighted by Crippen LogP contribution is -1.91. The third-order valence-corrected chi connectivity index (χ3v) is 0.291. The summed E-state index contributed by atoms with van der Waals surface area (Å²) in [5.74, 6) is 0. The normalized spacial score (nSPS) is 8.10. The molecule has 0 bridgehead atoms. The van der Waals surface area contributed by atoms with Crippen LogP contribution < -0.4 is 0 Å². The maximum atomic E-state index is 10.4. The molecule has 1 N–H and O–H groups in total. The summed E-state index contributed by atoms with van der Waals surface area (Å²) in [4.78, 5) is 9.15. The summed E-state index contributed by atoms with van der Waals surface area (Å²) in [5.41, 5.74) is 0. The highest BCUT2D eigenvalue weighted by Crippen LogP contribution is 1.88. The molecule has 0 rings (SSSR count). The zero-order chi connectivity index (χ0) is 8.57. The van der Waals surface area contributed by atoms with E-state index in [-0.39, 0.29) is 0 Å². The minimum atomic E-state index is -2.78. The summed E-state index contributed by atoms with van der Waals surface area (Å²) in [6.45, 7) is -1.53. The molecule has 0 saturated carbocycles. The fourth-order valence-corrected chi connectivity index (χ4v) is 0. The van der Waals surface area contributed by atoms with Crippen LogP contribution in [0.15, 0.2) is 0 Å². The molecule has 0 unspecified atom stereocenters. The largest absolute Gasteiger partial charge is 0.505 e. The Labute approximate surface area is 55.4 Å². The van der Waals surface area contributed by atoms with Gasteiger partial charge in [-0.2, -0.15) is 0 Å². The first-order chi connectivity index (χ1) is 4.54. The van der Waals surface area contributed by atoms with Crippen molar-refractivity contribution in [2.45, 2.75) is 6.43 Å². The average molecular weight is 160 g/mol. The number of methoxy groups -OCH3 is 1. The van der Waals surface area contributed by atoms with Crippen molar-refractivity contribution in [1.29, 1.82) is 0 Å². The van der Waals surface area contributed by atoms with Crippen molar-refractivity contribution < 1.29 is 27.8 Å². The third kappa shape index (κ3) is 27.7. The zero-order valence-electron chi connectivity index (χ0n) is 5.18. The SMILES string of the molecule is COC(=O)O.FCC(F)F. The van der Waals surface area contributed by atoms with E-state index in [9.17, 15) is 13.2 Å². The van der Waals surface area contributed by atoms with Crippen molar-refractivity contribution >= 4 is 6.16 Å². The Balaban J connectivity index is 0. The van der Waals surface area contributed by atoms with E-state index in [1.807, 2.05) is 0 Å². The molecule has 0 saturated heterocycles. The van der Waals surface area contributed by atoms with Crippen LogP contribution >= 0.6 is 0 Å². The number of carboxylic acid groups (broad SMARTS) is 1. The Hall–Kier alpha value is -0.940. The lowest BCUT2D eigenvalue weighted by Gasteiger charge is -1.79. The summed E-state index contributed by atoms with van der Waals surface area (Å²) < 4.78 is 34.8. The Bertz CT molecular complexity index is 85.8. The van der Waals surface area contributed by atoms with Crippen molar-refractivity contribution in [3.05, 3.63) is 0 Å². The van der Waals surface area contributed by atoms with Crippen LogP contribution in [0.1, 0.15) is 0 Å². The molecule has 0 aromatic carbocycles. The van der Waals surface area contributed by atoms with Crippen LogP contribution in [-0.4, -0.2) is 31.5 Å². The molecule has 0 aliphatic carbocycles. The monoisotopic (exact) mass is 160 g/mol. The van der Waals surface area contributed by atoms with Gasteiger partial charge < -0.3 is 9.84 Å². The Morgan fingerprint density at radius 3 is 1.90 bits per heavy atom. The van der Waals surface area contributed by atoms with Crippen molar-refractivity contribution in [3.63, 3.8) is 0 Å². The Morgan fingerprint density at radius 2 is 1.90 bits per heavy atom. The fraction of sp³-hybridized carbons (Fsp3) is 0.750. The number of hydrogen-bond acceptors (Lipinski definition) is 2. The molecule has 6 heteroatoms. The van der Waals surface area contributed by atoms with Gasteiger partial charge in [0.2, 0.25) is 0 Å². The van der Waals surface area contributed by atoms with Crippen LogP contribution in [0, 0.1) is 0 Å². The van der Waals surface area contributed by atoms with Crippen LogP contribution in [0.4, 0.5) is 18.0 Å². The maximum absolute atomic E-state index is 10.4. The molecular weight excluding hydrogens is 153 g/mol. The van der Waals surface area contributed by atoms with Gasteiger partial charge in [0, 0.05) is 0 Å². The minimum absolute atomic E-state index is 1.10. The molecule has 0 atom stereocenters. The lowest BCUT2D eigenvalue weighted by atomic mass is 10.8. The van der Waals surface area contributed by atoms with Gasteiger partial charge in [0.25, 0.3) is 6.43 Å².